The van der Waals surface area contributed by atoms with Crippen LogP contribution in [0.5, 0.6) is 0 Å². The molecule has 2 N–H and O–H groups in total. The van der Waals surface area contributed by atoms with Crippen LogP contribution in [0.4, 0.5) is 5.82 Å². The van der Waals surface area contributed by atoms with E-state index in [1.165, 1.54) is 0 Å². The zero-order valence-corrected chi connectivity index (χ0v) is 14.3. The van der Waals surface area contributed by atoms with Gasteiger partial charge in [0.25, 0.3) is 5.91 Å². The van der Waals surface area contributed by atoms with Crippen LogP contribution in [-0.4, -0.2) is 23.5 Å². The third-order valence-electron chi connectivity index (χ3n) is 3.50. The standard InChI is InChI=1S/C15H24BrN3O/c1-5-7-17-14-13(8-12(16)9-18-14)15(20)19-11(4)10(3)6-2/h8-11H,5-7H2,1-4H3,(H,17,18)(H,19,20). The Morgan fingerprint density at radius 3 is 2.70 bits per heavy atom. The van der Waals surface area contributed by atoms with Crippen LogP contribution in [0, 0.1) is 5.92 Å². The van der Waals surface area contributed by atoms with Gasteiger partial charge in [0, 0.05) is 23.3 Å². The van der Waals surface area contributed by atoms with Crippen LogP contribution in [-0.2, 0) is 0 Å². The Labute approximate surface area is 129 Å². The second kappa shape index (κ2) is 8.25. The smallest absolute Gasteiger partial charge is 0.255 e. The Balaban J connectivity index is 2.87. The lowest BCUT2D eigenvalue weighted by molar-refractivity contribution is 0.0928. The Morgan fingerprint density at radius 1 is 1.40 bits per heavy atom. The van der Waals surface area contributed by atoms with Crippen molar-refractivity contribution in [2.75, 3.05) is 11.9 Å². The summed E-state index contributed by atoms with van der Waals surface area (Å²) < 4.78 is 0.806. The average molecular weight is 342 g/mol. The molecule has 0 bridgehead atoms. The van der Waals surface area contributed by atoms with Gasteiger partial charge in [0.05, 0.1) is 5.56 Å². The molecule has 1 aromatic heterocycles. The summed E-state index contributed by atoms with van der Waals surface area (Å²) in [6, 6.07) is 1.95. The Kier molecular flexibility index (Phi) is 6.99. The molecule has 0 saturated carbocycles. The van der Waals surface area contributed by atoms with Crippen molar-refractivity contribution < 1.29 is 4.79 Å². The van der Waals surface area contributed by atoms with Gasteiger partial charge in [-0.2, -0.15) is 0 Å². The van der Waals surface area contributed by atoms with Crippen LogP contribution >= 0.6 is 15.9 Å². The second-order valence-corrected chi connectivity index (χ2v) is 6.04. The monoisotopic (exact) mass is 341 g/mol. The van der Waals surface area contributed by atoms with Crippen molar-refractivity contribution in [1.29, 1.82) is 0 Å². The zero-order chi connectivity index (χ0) is 15.1. The number of amides is 1. The first-order valence-electron chi connectivity index (χ1n) is 7.19. The van der Waals surface area contributed by atoms with Crippen LogP contribution in [0.2, 0.25) is 0 Å². The molecule has 5 heteroatoms. The number of halogens is 1. The first kappa shape index (κ1) is 17.0. The molecule has 4 nitrogen and oxygen atoms in total. The minimum Gasteiger partial charge on any atom is -0.369 e. The van der Waals surface area contributed by atoms with Gasteiger partial charge in [0.15, 0.2) is 0 Å². The van der Waals surface area contributed by atoms with Crippen molar-refractivity contribution in [1.82, 2.24) is 10.3 Å². The highest BCUT2D eigenvalue weighted by atomic mass is 79.9. The maximum Gasteiger partial charge on any atom is 0.255 e. The quantitative estimate of drug-likeness (QED) is 0.792. The predicted octanol–water partition coefficient (Wildman–Crippen LogP) is 3.83. The molecule has 1 heterocycles. The molecule has 1 aromatic rings. The first-order chi connectivity index (χ1) is 9.49. The van der Waals surface area contributed by atoms with Gasteiger partial charge in [-0.15, -0.1) is 0 Å². The summed E-state index contributed by atoms with van der Waals surface area (Å²) in [5.41, 5.74) is 0.586. The zero-order valence-electron chi connectivity index (χ0n) is 12.7. The highest BCUT2D eigenvalue weighted by Crippen LogP contribution is 2.19. The number of carbonyl (C=O) groups excluding carboxylic acids is 1. The molecule has 0 aromatic carbocycles. The minimum absolute atomic E-state index is 0.0785. The molecule has 0 fully saturated rings. The number of carbonyl (C=O) groups is 1. The fourth-order valence-electron chi connectivity index (χ4n) is 1.78. The summed E-state index contributed by atoms with van der Waals surface area (Å²) in [5, 5.41) is 6.25. The van der Waals surface area contributed by atoms with E-state index in [1.807, 2.05) is 13.0 Å². The molecule has 1 amide bonds. The molecule has 0 radical (unpaired) electrons. The van der Waals surface area contributed by atoms with Gasteiger partial charge < -0.3 is 10.6 Å². The van der Waals surface area contributed by atoms with E-state index < -0.39 is 0 Å². The van der Waals surface area contributed by atoms with Crippen LogP contribution in [0.25, 0.3) is 0 Å². The Hall–Kier alpha value is -1.10. The van der Waals surface area contributed by atoms with E-state index in [1.54, 1.807) is 6.20 Å². The van der Waals surface area contributed by atoms with E-state index in [0.29, 0.717) is 17.3 Å². The number of anilines is 1. The first-order valence-corrected chi connectivity index (χ1v) is 7.99. The molecular weight excluding hydrogens is 318 g/mol. The van der Waals surface area contributed by atoms with Crippen molar-refractivity contribution in [2.45, 2.75) is 46.6 Å². The van der Waals surface area contributed by atoms with Crippen LogP contribution in [0.3, 0.4) is 0 Å². The third kappa shape index (κ3) is 4.78. The second-order valence-electron chi connectivity index (χ2n) is 5.12. The summed E-state index contributed by atoms with van der Waals surface area (Å²) >= 11 is 3.37. The molecule has 112 valence electrons. The Morgan fingerprint density at radius 2 is 2.10 bits per heavy atom. The molecule has 0 aliphatic carbocycles. The van der Waals surface area contributed by atoms with E-state index in [0.717, 1.165) is 23.9 Å². The number of aromatic nitrogens is 1. The number of pyridine rings is 1. The van der Waals surface area contributed by atoms with Crippen LogP contribution in [0.1, 0.15) is 50.9 Å². The van der Waals surface area contributed by atoms with Crippen LogP contribution in [0.15, 0.2) is 16.7 Å². The van der Waals surface area contributed by atoms with E-state index in [4.69, 9.17) is 0 Å². The number of rotatable bonds is 7. The number of nitrogens with zero attached hydrogens (tertiary/aromatic N) is 1. The van der Waals surface area contributed by atoms with E-state index in [2.05, 4.69) is 52.3 Å². The van der Waals surface area contributed by atoms with Crippen LogP contribution < -0.4 is 10.6 Å². The SMILES string of the molecule is CCCNc1ncc(Br)cc1C(=O)NC(C)C(C)CC. The molecular formula is C15H24BrN3O. The average Bonchev–Trinajstić information content (AvgIpc) is 2.44. The maximum absolute atomic E-state index is 12.4. The maximum atomic E-state index is 12.4. The predicted molar refractivity (Wildman–Crippen MR) is 87.1 cm³/mol. The van der Waals surface area contributed by atoms with E-state index >= 15 is 0 Å². The van der Waals surface area contributed by atoms with Crippen molar-refractivity contribution in [2.24, 2.45) is 5.92 Å². The van der Waals surface area contributed by atoms with E-state index in [9.17, 15) is 4.79 Å². The summed E-state index contributed by atoms with van der Waals surface area (Å²) in [6.45, 7) is 9.19. The van der Waals surface area contributed by atoms with Gasteiger partial charge in [-0.05, 0) is 41.3 Å². The van der Waals surface area contributed by atoms with Gasteiger partial charge >= 0.3 is 0 Å². The lowest BCUT2D eigenvalue weighted by Gasteiger charge is -2.20. The van der Waals surface area contributed by atoms with Gasteiger partial charge in [0.1, 0.15) is 5.82 Å². The fraction of sp³-hybridized carbons (Fsp3) is 0.600. The summed E-state index contributed by atoms with van der Waals surface area (Å²) in [4.78, 5) is 16.7. The molecule has 0 saturated heterocycles. The van der Waals surface area contributed by atoms with Gasteiger partial charge in [-0.3, -0.25) is 4.79 Å². The molecule has 1 rings (SSSR count). The molecule has 0 spiro atoms. The normalized spacial score (nSPS) is 13.7. The van der Waals surface area contributed by atoms with Crippen molar-refractivity contribution in [3.63, 3.8) is 0 Å². The van der Waals surface area contributed by atoms with Crippen molar-refractivity contribution in [3.05, 3.63) is 22.3 Å². The van der Waals surface area contributed by atoms with Crippen molar-refractivity contribution >= 4 is 27.7 Å². The molecule has 20 heavy (non-hydrogen) atoms. The largest absolute Gasteiger partial charge is 0.369 e. The molecule has 0 aliphatic rings. The summed E-state index contributed by atoms with van der Waals surface area (Å²) in [5.74, 6) is 1.01. The molecule has 2 unspecified atom stereocenters. The number of hydrogen-bond donors (Lipinski definition) is 2. The lowest BCUT2D eigenvalue weighted by atomic mass is 10.0. The molecule has 0 aliphatic heterocycles. The van der Waals surface area contributed by atoms with Gasteiger partial charge in [-0.25, -0.2) is 4.98 Å². The summed E-state index contributed by atoms with van der Waals surface area (Å²) in [6.07, 6.45) is 3.73. The van der Waals surface area contributed by atoms with E-state index in [-0.39, 0.29) is 11.9 Å². The highest BCUT2D eigenvalue weighted by molar-refractivity contribution is 9.10. The topological polar surface area (TPSA) is 54.0 Å². The highest BCUT2D eigenvalue weighted by Gasteiger charge is 2.18. The fourth-order valence-corrected chi connectivity index (χ4v) is 2.11. The number of nitrogens with one attached hydrogen (secondary N) is 2. The van der Waals surface area contributed by atoms with Gasteiger partial charge in [-0.1, -0.05) is 27.2 Å². The van der Waals surface area contributed by atoms with Gasteiger partial charge in [0.2, 0.25) is 0 Å². The van der Waals surface area contributed by atoms with Crippen molar-refractivity contribution in [3.8, 4) is 0 Å². The summed E-state index contributed by atoms with van der Waals surface area (Å²) in [7, 11) is 0. The number of hydrogen-bond acceptors (Lipinski definition) is 3. The molecule has 2 atom stereocenters. The lowest BCUT2D eigenvalue weighted by Crippen LogP contribution is -2.37. The minimum atomic E-state index is -0.0785. The Bertz CT molecular complexity index is 451. The third-order valence-corrected chi connectivity index (χ3v) is 3.93.